The monoisotopic (exact) mass is 200 g/mol. The molecule has 2 aromatic rings. The molecule has 0 heterocycles. The molecular formula is C13H12O2. The van der Waals surface area contributed by atoms with Gasteiger partial charge >= 0.3 is 0 Å². The van der Waals surface area contributed by atoms with Gasteiger partial charge in [-0.05, 0) is 36.4 Å². The lowest BCUT2D eigenvalue weighted by Gasteiger charge is -2.09. The maximum atomic E-state index is 10.8. The van der Waals surface area contributed by atoms with E-state index in [-0.39, 0.29) is 5.75 Å². The van der Waals surface area contributed by atoms with Crippen LogP contribution in [0.25, 0.3) is 10.8 Å². The number of rotatable bonds is 1. The van der Waals surface area contributed by atoms with Crippen LogP contribution in [0.1, 0.15) is 21.5 Å². The molecule has 0 fully saturated rings. The van der Waals surface area contributed by atoms with Gasteiger partial charge in [-0.3, -0.25) is 4.79 Å². The molecule has 2 heteroatoms. The Labute approximate surface area is 88.2 Å². The zero-order valence-corrected chi connectivity index (χ0v) is 8.74. The van der Waals surface area contributed by atoms with E-state index >= 15 is 0 Å². The molecular weight excluding hydrogens is 188 g/mol. The maximum absolute atomic E-state index is 10.8. The van der Waals surface area contributed by atoms with Crippen LogP contribution in [0.3, 0.4) is 0 Å². The third-order valence-corrected chi connectivity index (χ3v) is 2.71. The van der Waals surface area contributed by atoms with Crippen LogP contribution in [0, 0.1) is 13.8 Å². The van der Waals surface area contributed by atoms with Crippen molar-refractivity contribution in [2.75, 3.05) is 0 Å². The van der Waals surface area contributed by atoms with Crippen LogP contribution >= 0.6 is 0 Å². The minimum Gasteiger partial charge on any atom is -0.507 e. The van der Waals surface area contributed by atoms with Gasteiger partial charge in [0.2, 0.25) is 0 Å². The minimum atomic E-state index is 0.0868. The fourth-order valence-corrected chi connectivity index (χ4v) is 1.92. The summed E-state index contributed by atoms with van der Waals surface area (Å²) in [6.07, 6.45) is 0.689. The van der Waals surface area contributed by atoms with Gasteiger partial charge in [0.05, 0.1) is 5.56 Å². The van der Waals surface area contributed by atoms with Crippen molar-refractivity contribution in [2.45, 2.75) is 13.8 Å². The number of aromatic hydroxyl groups is 1. The van der Waals surface area contributed by atoms with E-state index in [1.54, 1.807) is 6.07 Å². The van der Waals surface area contributed by atoms with Gasteiger partial charge in [0.15, 0.2) is 6.29 Å². The van der Waals surface area contributed by atoms with Crippen molar-refractivity contribution < 1.29 is 9.90 Å². The van der Waals surface area contributed by atoms with Crippen LogP contribution in [-0.2, 0) is 0 Å². The highest BCUT2D eigenvalue weighted by Crippen LogP contribution is 2.32. The minimum absolute atomic E-state index is 0.0868. The topological polar surface area (TPSA) is 37.3 Å². The first-order valence-corrected chi connectivity index (χ1v) is 4.82. The number of fused-ring (bicyclic) bond motifs is 1. The van der Waals surface area contributed by atoms with E-state index in [9.17, 15) is 9.90 Å². The molecule has 0 spiro atoms. The highest BCUT2D eigenvalue weighted by atomic mass is 16.3. The summed E-state index contributed by atoms with van der Waals surface area (Å²) in [4.78, 5) is 10.8. The highest BCUT2D eigenvalue weighted by Gasteiger charge is 2.10. The Morgan fingerprint density at radius 3 is 2.60 bits per heavy atom. The Hall–Kier alpha value is -1.83. The van der Waals surface area contributed by atoms with Crippen molar-refractivity contribution in [1.29, 1.82) is 0 Å². The zero-order valence-electron chi connectivity index (χ0n) is 8.74. The van der Waals surface area contributed by atoms with E-state index in [4.69, 9.17) is 0 Å². The van der Waals surface area contributed by atoms with Crippen molar-refractivity contribution >= 4 is 17.1 Å². The van der Waals surface area contributed by atoms with E-state index in [1.165, 1.54) is 0 Å². The number of aldehydes is 1. The SMILES string of the molecule is Cc1cc(C=O)c(O)c2c(C)cccc12. The summed E-state index contributed by atoms with van der Waals surface area (Å²) in [6, 6.07) is 7.54. The van der Waals surface area contributed by atoms with Gasteiger partial charge in [-0.25, -0.2) is 0 Å². The quantitative estimate of drug-likeness (QED) is 0.718. The molecule has 2 aromatic carbocycles. The molecule has 0 aromatic heterocycles. The van der Waals surface area contributed by atoms with E-state index in [1.807, 2.05) is 32.0 Å². The lowest BCUT2D eigenvalue weighted by atomic mass is 9.97. The van der Waals surface area contributed by atoms with Crippen LogP contribution < -0.4 is 0 Å². The number of aryl methyl sites for hydroxylation is 2. The summed E-state index contributed by atoms with van der Waals surface area (Å²) in [6.45, 7) is 3.87. The molecule has 2 rings (SSSR count). The van der Waals surface area contributed by atoms with E-state index in [2.05, 4.69) is 0 Å². The van der Waals surface area contributed by atoms with Gasteiger partial charge in [-0.15, -0.1) is 0 Å². The Bertz CT molecular complexity index is 542. The van der Waals surface area contributed by atoms with Crippen molar-refractivity contribution in [3.05, 3.63) is 41.0 Å². The number of phenols is 1. The predicted octanol–water partition coefficient (Wildman–Crippen LogP) is 2.97. The Morgan fingerprint density at radius 1 is 1.20 bits per heavy atom. The molecule has 1 N–H and O–H groups in total. The van der Waals surface area contributed by atoms with Crippen LogP contribution in [0.4, 0.5) is 0 Å². The molecule has 0 aliphatic rings. The Kier molecular flexibility index (Phi) is 2.19. The summed E-state index contributed by atoms with van der Waals surface area (Å²) in [7, 11) is 0. The lowest BCUT2D eigenvalue weighted by Crippen LogP contribution is -1.89. The van der Waals surface area contributed by atoms with E-state index < -0.39 is 0 Å². The summed E-state index contributed by atoms with van der Waals surface area (Å²) in [5, 5.41) is 11.7. The second-order valence-corrected chi connectivity index (χ2v) is 3.75. The molecule has 0 radical (unpaired) electrons. The molecule has 0 bridgehead atoms. The lowest BCUT2D eigenvalue weighted by molar-refractivity contribution is 0.112. The summed E-state index contributed by atoms with van der Waals surface area (Å²) in [5.41, 5.74) is 2.35. The molecule has 0 saturated carbocycles. The van der Waals surface area contributed by atoms with E-state index in [0.717, 1.165) is 21.9 Å². The summed E-state index contributed by atoms with van der Waals surface area (Å²) < 4.78 is 0. The smallest absolute Gasteiger partial charge is 0.153 e. The van der Waals surface area contributed by atoms with Crippen LogP contribution in [-0.4, -0.2) is 11.4 Å². The van der Waals surface area contributed by atoms with Gasteiger partial charge in [-0.1, -0.05) is 18.2 Å². The van der Waals surface area contributed by atoms with Gasteiger partial charge in [0.1, 0.15) is 5.75 Å². The second kappa shape index (κ2) is 3.39. The Balaban J connectivity index is 3.01. The first-order valence-electron chi connectivity index (χ1n) is 4.82. The van der Waals surface area contributed by atoms with Crippen LogP contribution in [0.5, 0.6) is 5.75 Å². The third-order valence-electron chi connectivity index (χ3n) is 2.71. The second-order valence-electron chi connectivity index (χ2n) is 3.75. The van der Waals surface area contributed by atoms with Gasteiger partial charge in [0.25, 0.3) is 0 Å². The number of hydrogen-bond acceptors (Lipinski definition) is 2. The van der Waals surface area contributed by atoms with E-state index in [0.29, 0.717) is 11.8 Å². The van der Waals surface area contributed by atoms with Crippen LogP contribution in [0.2, 0.25) is 0 Å². The standard InChI is InChI=1S/C13H12O2/c1-8-4-3-5-11-9(2)6-10(7-14)13(15)12(8)11/h3-7,15H,1-2H3. The highest BCUT2D eigenvalue weighted by molar-refractivity contribution is 5.99. The number of carbonyl (C=O) groups is 1. The molecule has 0 unspecified atom stereocenters. The molecule has 2 nitrogen and oxygen atoms in total. The van der Waals surface area contributed by atoms with Crippen molar-refractivity contribution in [1.82, 2.24) is 0 Å². The molecule has 15 heavy (non-hydrogen) atoms. The fraction of sp³-hybridized carbons (Fsp3) is 0.154. The van der Waals surface area contributed by atoms with Gasteiger partial charge in [0, 0.05) is 5.39 Å². The average Bonchev–Trinajstić information content (AvgIpc) is 2.23. The average molecular weight is 200 g/mol. The van der Waals surface area contributed by atoms with Crippen molar-refractivity contribution in [2.24, 2.45) is 0 Å². The molecule has 0 saturated heterocycles. The third kappa shape index (κ3) is 1.38. The number of phenolic OH excluding ortho intramolecular Hbond substituents is 1. The predicted molar refractivity (Wildman–Crippen MR) is 60.5 cm³/mol. The number of carbonyl (C=O) groups excluding carboxylic acids is 1. The molecule has 76 valence electrons. The first kappa shape index (κ1) is 9.71. The molecule has 0 aliphatic heterocycles. The molecule has 0 atom stereocenters. The fourth-order valence-electron chi connectivity index (χ4n) is 1.92. The summed E-state index contributed by atoms with van der Waals surface area (Å²) >= 11 is 0. The maximum Gasteiger partial charge on any atom is 0.153 e. The summed E-state index contributed by atoms with van der Waals surface area (Å²) in [5.74, 6) is 0.0868. The number of hydrogen-bond donors (Lipinski definition) is 1. The molecule has 0 aliphatic carbocycles. The van der Waals surface area contributed by atoms with Crippen molar-refractivity contribution in [3.8, 4) is 5.75 Å². The molecule has 0 amide bonds. The first-order chi connectivity index (χ1) is 7.15. The van der Waals surface area contributed by atoms with Crippen LogP contribution in [0.15, 0.2) is 24.3 Å². The Morgan fingerprint density at radius 2 is 1.93 bits per heavy atom. The normalized spacial score (nSPS) is 10.5. The largest absolute Gasteiger partial charge is 0.507 e. The van der Waals surface area contributed by atoms with Gasteiger partial charge in [-0.2, -0.15) is 0 Å². The van der Waals surface area contributed by atoms with Crippen molar-refractivity contribution in [3.63, 3.8) is 0 Å². The van der Waals surface area contributed by atoms with Gasteiger partial charge < -0.3 is 5.11 Å². The zero-order chi connectivity index (χ0) is 11.0. The number of benzene rings is 2.